The van der Waals surface area contributed by atoms with Crippen LogP contribution in [0.5, 0.6) is 0 Å². The van der Waals surface area contributed by atoms with Crippen molar-refractivity contribution in [2.45, 2.75) is 151 Å². The fraction of sp³-hybridized carbons (Fsp3) is 0.319. The Labute approximate surface area is 571 Å². The second-order valence-corrected chi connectivity index (χ2v) is 28.0. The van der Waals surface area contributed by atoms with Crippen LogP contribution in [0.2, 0.25) is 0 Å². The highest BCUT2D eigenvalue weighted by Gasteiger charge is 2.68. The summed E-state index contributed by atoms with van der Waals surface area (Å²) in [4.78, 5) is 7.50. The molecule has 5 aromatic rings. The van der Waals surface area contributed by atoms with Gasteiger partial charge in [0, 0.05) is 59.2 Å². The lowest BCUT2D eigenvalue weighted by atomic mass is 9.63. The van der Waals surface area contributed by atoms with Crippen molar-refractivity contribution >= 4 is 28.3 Å². The quantitative estimate of drug-likeness (QED) is 0.119. The van der Waals surface area contributed by atoms with E-state index in [4.69, 9.17) is 0 Å². The molecular formula is C91H102N4. The van der Waals surface area contributed by atoms with Crippen LogP contribution >= 0.6 is 0 Å². The van der Waals surface area contributed by atoms with Gasteiger partial charge < -0.3 is 20.0 Å². The van der Waals surface area contributed by atoms with E-state index in [1.54, 1.807) is 11.1 Å². The van der Waals surface area contributed by atoms with Crippen molar-refractivity contribution in [2.24, 2.45) is 29.6 Å². The number of para-hydroxylation sites is 1. The van der Waals surface area contributed by atoms with Gasteiger partial charge in [-0.3, -0.25) is 0 Å². The van der Waals surface area contributed by atoms with Crippen molar-refractivity contribution in [3.05, 3.63) is 339 Å². The minimum Gasteiger partial charge on any atom is -0.376 e. The van der Waals surface area contributed by atoms with Crippen LogP contribution in [0.1, 0.15) is 134 Å². The lowest BCUT2D eigenvalue weighted by molar-refractivity contribution is 0.566. The zero-order valence-electron chi connectivity index (χ0n) is 59.1. The number of benzene rings is 5. The number of aryl methyl sites for hydroxylation is 4. The van der Waals surface area contributed by atoms with Gasteiger partial charge in [-0.15, -0.1) is 0 Å². The molecule has 9 unspecified atom stereocenters. The molecule has 0 aromatic heterocycles. The van der Waals surface area contributed by atoms with Gasteiger partial charge in [0.2, 0.25) is 0 Å². The molecular weight excluding hydrogens is 1150 g/mol. The summed E-state index contributed by atoms with van der Waals surface area (Å²) in [6.07, 6.45) is 54.9. The van der Waals surface area contributed by atoms with Crippen LogP contribution < -0.4 is 20.0 Å². The topological polar surface area (TPSA) is 21.8 Å². The van der Waals surface area contributed by atoms with Crippen molar-refractivity contribution in [2.75, 3.05) is 21.7 Å². The molecule has 0 amide bonds. The van der Waals surface area contributed by atoms with Gasteiger partial charge in [-0.05, 0) is 234 Å². The molecule has 11 aliphatic rings. The summed E-state index contributed by atoms with van der Waals surface area (Å²) < 4.78 is 0. The van der Waals surface area contributed by atoms with E-state index >= 15 is 0 Å². The number of hydrogen-bond acceptors (Lipinski definition) is 4. The number of likely N-dealkylation sites (N-methyl/N-ethyl adjacent to an activating group) is 1. The van der Waals surface area contributed by atoms with Gasteiger partial charge in [-0.1, -0.05) is 239 Å². The third-order valence-electron chi connectivity index (χ3n) is 21.3. The van der Waals surface area contributed by atoms with E-state index in [2.05, 4.69) is 326 Å². The maximum Gasteiger partial charge on any atom is 0.0657 e. The molecule has 1 N–H and O–H groups in total. The van der Waals surface area contributed by atoms with E-state index in [9.17, 15) is 0 Å². The molecule has 3 fully saturated rings. The van der Waals surface area contributed by atoms with Crippen molar-refractivity contribution in [1.82, 2.24) is 5.32 Å². The first-order valence-electron chi connectivity index (χ1n) is 35.7. The molecule has 9 atom stereocenters. The van der Waals surface area contributed by atoms with Crippen molar-refractivity contribution in [3.63, 3.8) is 0 Å². The molecule has 0 aliphatic heterocycles. The first-order chi connectivity index (χ1) is 46.2. The van der Waals surface area contributed by atoms with Gasteiger partial charge >= 0.3 is 0 Å². The van der Waals surface area contributed by atoms with Crippen LogP contribution in [0.25, 0.3) is 5.57 Å². The summed E-state index contributed by atoms with van der Waals surface area (Å²) in [5, 5.41) is 4.19. The van der Waals surface area contributed by atoms with E-state index in [1.807, 2.05) is 33.8 Å². The Hall–Kier alpha value is -8.86. The molecule has 0 saturated heterocycles. The maximum atomic E-state index is 4.19. The molecule has 11 aliphatic carbocycles. The number of rotatable bonds is 13. The van der Waals surface area contributed by atoms with Crippen molar-refractivity contribution < 1.29 is 0 Å². The Morgan fingerprint density at radius 2 is 1.36 bits per heavy atom. The van der Waals surface area contributed by atoms with E-state index in [-0.39, 0.29) is 17.1 Å². The standard InChI is InChI=1S/C63H61N3.C16H19N.C8H10.2C2H6/c1-6-15-41(2)19-14-33-65(48-23-11-17-43(4)35-48)49-28-30-53-54-29-27-45-37-56(45)60(54)63(57(53)38-49)58-39-51(66(47-21-8-7-9-22-47)50-24-12-18-44(5)36-50)25-13-26-52(58)55-31-32-62(40-59(62)61(55)63)64-46-20-10-16-42(3)34-46;1-12-6-4-8-14(10-12)17(3)16-9-5-7-13(2)15(16)11-16;1-7-4-3-5-8(2)6-7;2*1-2/h6-15,17-18,20-23,25,27-36,38-39,42,45,50,56,59,64H,1,16,19,24,26,37,40H2,2-5H3;4-10,15H,11H2,1-3H3;3-6H,1-2H3;2*1-2H3/b33-14+,41-15-;;;;. The number of nitrogens with zero attached hydrogens (tertiary/aromatic N) is 3. The Morgan fingerprint density at radius 1 is 0.663 bits per heavy atom. The van der Waals surface area contributed by atoms with Gasteiger partial charge in [0.1, 0.15) is 0 Å². The fourth-order valence-corrected chi connectivity index (χ4v) is 16.6. The second-order valence-electron chi connectivity index (χ2n) is 28.0. The SMILES string of the molecule is C=C/C=C(/C)C/C=C/N(c1cccc(C)c1)c1ccc2c(c1)C1(C3=C(CC=CC(N(c4ccccc4)C4C=C(C)C=CC4)=C3)C3=C1C1CC1(NC1=CC(C)CC=C1)C=C3)C1=C2C=CC2CC12.CC.CC.CC1=CC=CC2(N(C)c3cccc(C)c3)CC12.Cc1cccc(C)c1. The monoisotopic (exact) mass is 1250 g/mol. The van der Waals surface area contributed by atoms with E-state index in [0.717, 1.165) is 38.0 Å². The predicted octanol–water partition coefficient (Wildman–Crippen LogP) is 23.1. The average Bonchev–Trinajstić information content (AvgIpc) is 1.47. The van der Waals surface area contributed by atoms with Crippen LogP contribution in [0.4, 0.5) is 22.7 Å². The zero-order valence-corrected chi connectivity index (χ0v) is 59.1. The van der Waals surface area contributed by atoms with Crippen LogP contribution in [0, 0.1) is 57.3 Å². The second kappa shape index (κ2) is 27.8. The number of hydrogen-bond donors (Lipinski definition) is 1. The molecule has 0 heterocycles. The van der Waals surface area contributed by atoms with Crippen LogP contribution in [0.3, 0.4) is 0 Å². The number of nitrogens with one attached hydrogen (secondary N) is 1. The lowest BCUT2D eigenvalue weighted by Gasteiger charge is -2.40. The minimum absolute atomic E-state index is 0.110. The van der Waals surface area contributed by atoms with Gasteiger partial charge in [0.25, 0.3) is 0 Å². The summed E-state index contributed by atoms with van der Waals surface area (Å²) in [5.74, 6) is 2.74. The summed E-state index contributed by atoms with van der Waals surface area (Å²) >= 11 is 0. The molecule has 5 aromatic carbocycles. The Bertz CT molecular complexity index is 4240. The van der Waals surface area contributed by atoms with E-state index < -0.39 is 5.41 Å². The molecule has 0 bridgehead atoms. The van der Waals surface area contributed by atoms with E-state index in [0.29, 0.717) is 23.7 Å². The highest BCUT2D eigenvalue weighted by molar-refractivity contribution is 5.96. The highest BCUT2D eigenvalue weighted by Crippen LogP contribution is 2.74. The van der Waals surface area contributed by atoms with E-state index in [1.165, 1.54) is 119 Å². The maximum absolute atomic E-state index is 4.19. The molecule has 95 heavy (non-hydrogen) atoms. The minimum atomic E-state index is -0.401. The predicted molar refractivity (Wildman–Crippen MR) is 409 cm³/mol. The van der Waals surface area contributed by atoms with Crippen molar-refractivity contribution in [1.29, 1.82) is 0 Å². The molecule has 1 spiro atoms. The average molecular weight is 1250 g/mol. The number of anilines is 4. The van der Waals surface area contributed by atoms with Gasteiger partial charge in [-0.25, -0.2) is 0 Å². The third kappa shape index (κ3) is 12.8. The smallest absolute Gasteiger partial charge is 0.0657 e. The molecule has 486 valence electrons. The normalized spacial score (nSPS) is 26.6. The largest absolute Gasteiger partial charge is 0.376 e. The fourth-order valence-electron chi connectivity index (χ4n) is 16.6. The Morgan fingerprint density at radius 3 is 2.06 bits per heavy atom. The lowest BCUT2D eigenvalue weighted by Crippen LogP contribution is -2.38. The summed E-state index contributed by atoms with van der Waals surface area (Å²) in [7, 11) is 2.22. The highest BCUT2D eigenvalue weighted by atomic mass is 15.2. The van der Waals surface area contributed by atoms with Crippen molar-refractivity contribution in [3.8, 4) is 0 Å². The van der Waals surface area contributed by atoms with Crippen LogP contribution in [-0.2, 0) is 5.41 Å². The molecule has 3 saturated carbocycles. The Balaban J connectivity index is 0.000000246. The first kappa shape index (κ1) is 66.2. The number of fused-ring (bicyclic) bond motifs is 12. The van der Waals surface area contributed by atoms with Crippen LogP contribution in [0.15, 0.2) is 306 Å². The summed E-state index contributed by atoms with van der Waals surface area (Å²) in [5.41, 5.74) is 28.7. The molecule has 4 nitrogen and oxygen atoms in total. The molecule has 4 heteroatoms. The first-order valence-corrected chi connectivity index (χ1v) is 35.7. The summed E-state index contributed by atoms with van der Waals surface area (Å²) in [6.45, 7) is 29.5. The number of allylic oxidation sites excluding steroid dienone is 22. The molecule has 0 radical (unpaired) electrons. The van der Waals surface area contributed by atoms with Gasteiger partial charge in [-0.2, -0.15) is 0 Å². The zero-order chi connectivity index (χ0) is 66.8. The Kier molecular flexibility index (Phi) is 19.4. The van der Waals surface area contributed by atoms with Gasteiger partial charge in [0.05, 0.1) is 22.5 Å². The van der Waals surface area contributed by atoms with Gasteiger partial charge in [0.15, 0.2) is 0 Å². The molecule has 16 rings (SSSR count). The van der Waals surface area contributed by atoms with Crippen LogP contribution in [-0.4, -0.2) is 24.2 Å². The third-order valence-corrected chi connectivity index (χ3v) is 21.3. The summed E-state index contributed by atoms with van der Waals surface area (Å²) in [6, 6.07) is 45.0.